The zero-order valence-electron chi connectivity index (χ0n) is 10.6. The summed E-state index contributed by atoms with van der Waals surface area (Å²) in [6.07, 6.45) is 1.83. The van der Waals surface area contributed by atoms with Crippen LogP contribution in [0.2, 0.25) is 0 Å². The van der Waals surface area contributed by atoms with Crippen molar-refractivity contribution in [3.05, 3.63) is 59.9 Å². The summed E-state index contributed by atoms with van der Waals surface area (Å²) in [5.74, 6) is 1.08. The van der Waals surface area contributed by atoms with E-state index >= 15 is 0 Å². The minimum atomic E-state index is 0.843. The molecule has 0 aliphatic heterocycles. The van der Waals surface area contributed by atoms with Gasteiger partial charge in [0.05, 0.1) is 5.69 Å². The van der Waals surface area contributed by atoms with Gasteiger partial charge in [0.15, 0.2) is 0 Å². The van der Waals surface area contributed by atoms with Crippen LogP contribution in [0.25, 0.3) is 0 Å². The van der Waals surface area contributed by atoms with Crippen LogP contribution >= 0.6 is 11.8 Å². The van der Waals surface area contributed by atoms with Gasteiger partial charge in [0.25, 0.3) is 0 Å². The van der Waals surface area contributed by atoms with Gasteiger partial charge in [-0.3, -0.25) is 4.98 Å². The van der Waals surface area contributed by atoms with Crippen LogP contribution in [-0.2, 0) is 6.54 Å². The molecule has 0 saturated carbocycles. The van der Waals surface area contributed by atoms with Gasteiger partial charge in [-0.2, -0.15) is 0 Å². The lowest BCUT2D eigenvalue weighted by atomic mass is 10.2. The van der Waals surface area contributed by atoms with Gasteiger partial charge >= 0.3 is 0 Å². The van der Waals surface area contributed by atoms with Crippen molar-refractivity contribution >= 4 is 11.8 Å². The Labute approximate surface area is 113 Å². The largest absolute Gasteiger partial charge is 0.310 e. The molecule has 94 valence electrons. The van der Waals surface area contributed by atoms with Gasteiger partial charge in [0.1, 0.15) is 0 Å². The van der Waals surface area contributed by atoms with E-state index in [0.717, 1.165) is 24.5 Å². The van der Waals surface area contributed by atoms with Crippen molar-refractivity contribution in [1.82, 2.24) is 10.3 Å². The number of nitrogens with one attached hydrogen (secondary N) is 1. The lowest BCUT2D eigenvalue weighted by Crippen LogP contribution is -2.17. The molecule has 0 fully saturated rings. The molecule has 0 amide bonds. The van der Waals surface area contributed by atoms with Crippen molar-refractivity contribution in [1.29, 1.82) is 0 Å². The maximum atomic E-state index is 4.27. The van der Waals surface area contributed by atoms with E-state index in [0.29, 0.717) is 0 Å². The van der Waals surface area contributed by atoms with E-state index in [4.69, 9.17) is 0 Å². The van der Waals surface area contributed by atoms with Crippen LogP contribution in [-0.4, -0.2) is 17.3 Å². The molecule has 1 N–H and O–H groups in total. The predicted molar refractivity (Wildman–Crippen MR) is 77.8 cm³/mol. The van der Waals surface area contributed by atoms with Crippen LogP contribution in [0.5, 0.6) is 0 Å². The normalized spacial score (nSPS) is 10.5. The van der Waals surface area contributed by atoms with Crippen molar-refractivity contribution in [2.45, 2.75) is 18.4 Å². The van der Waals surface area contributed by atoms with Gasteiger partial charge < -0.3 is 5.32 Å². The van der Waals surface area contributed by atoms with Gasteiger partial charge in [-0.1, -0.05) is 23.8 Å². The van der Waals surface area contributed by atoms with Crippen molar-refractivity contribution in [3.63, 3.8) is 0 Å². The molecular weight excluding hydrogens is 240 g/mol. The molecule has 0 bridgehead atoms. The van der Waals surface area contributed by atoms with Crippen molar-refractivity contribution in [2.24, 2.45) is 0 Å². The van der Waals surface area contributed by atoms with Crippen LogP contribution in [0.3, 0.4) is 0 Å². The zero-order chi connectivity index (χ0) is 12.6. The number of aryl methyl sites for hydroxylation is 1. The molecule has 0 unspecified atom stereocenters. The summed E-state index contributed by atoms with van der Waals surface area (Å²) in [7, 11) is 0. The summed E-state index contributed by atoms with van der Waals surface area (Å²) in [6.45, 7) is 3.95. The average molecular weight is 258 g/mol. The topological polar surface area (TPSA) is 24.9 Å². The summed E-state index contributed by atoms with van der Waals surface area (Å²) in [6, 6.07) is 14.7. The lowest BCUT2D eigenvalue weighted by Gasteiger charge is -2.04. The highest BCUT2D eigenvalue weighted by Crippen LogP contribution is 2.17. The summed E-state index contributed by atoms with van der Waals surface area (Å²) in [4.78, 5) is 5.61. The van der Waals surface area contributed by atoms with E-state index < -0.39 is 0 Å². The SMILES string of the molecule is Cc1ccc(SCCNCc2ccccn2)cc1. The van der Waals surface area contributed by atoms with Crippen LogP contribution in [0.4, 0.5) is 0 Å². The standard InChI is InChI=1S/C15H18N2S/c1-13-5-7-15(8-6-13)18-11-10-16-12-14-4-2-3-9-17-14/h2-9,16H,10-12H2,1H3. The van der Waals surface area contributed by atoms with Gasteiger partial charge in [0, 0.05) is 29.9 Å². The lowest BCUT2D eigenvalue weighted by molar-refractivity contribution is 0.715. The first-order chi connectivity index (χ1) is 8.84. The van der Waals surface area contributed by atoms with Crippen LogP contribution in [0.15, 0.2) is 53.6 Å². The number of pyridine rings is 1. The fourth-order valence-corrected chi connectivity index (χ4v) is 2.41. The number of aromatic nitrogens is 1. The number of hydrogen-bond acceptors (Lipinski definition) is 3. The Hall–Kier alpha value is -1.32. The molecule has 3 heteroatoms. The molecule has 2 rings (SSSR count). The molecule has 0 spiro atoms. The number of hydrogen-bond donors (Lipinski definition) is 1. The molecule has 1 aromatic heterocycles. The highest BCUT2D eigenvalue weighted by Gasteiger charge is 1.95. The minimum absolute atomic E-state index is 0.843. The molecule has 1 aromatic carbocycles. The van der Waals surface area contributed by atoms with Gasteiger partial charge in [0.2, 0.25) is 0 Å². The Morgan fingerprint density at radius 3 is 2.67 bits per heavy atom. The van der Waals surface area contributed by atoms with Crippen molar-refractivity contribution in [3.8, 4) is 0 Å². The first kappa shape index (κ1) is 13.1. The Morgan fingerprint density at radius 2 is 1.94 bits per heavy atom. The predicted octanol–water partition coefficient (Wildman–Crippen LogP) is 3.27. The van der Waals surface area contributed by atoms with E-state index in [1.165, 1.54) is 10.5 Å². The summed E-state index contributed by atoms with van der Waals surface area (Å²) in [5.41, 5.74) is 2.41. The van der Waals surface area contributed by atoms with E-state index in [9.17, 15) is 0 Å². The summed E-state index contributed by atoms with van der Waals surface area (Å²) >= 11 is 1.88. The molecule has 0 atom stereocenters. The van der Waals surface area contributed by atoms with E-state index in [-0.39, 0.29) is 0 Å². The molecule has 1 heterocycles. The third-order valence-electron chi connectivity index (χ3n) is 2.60. The second-order valence-electron chi connectivity index (χ2n) is 4.16. The third-order valence-corrected chi connectivity index (χ3v) is 3.61. The molecule has 2 nitrogen and oxygen atoms in total. The third kappa shape index (κ3) is 4.51. The second-order valence-corrected chi connectivity index (χ2v) is 5.33. The van der Waals surface area contributed by atoms with Gasteiger partial charge in [-0.05, 0) is 31.2 Å². The molecule has 2 aromatic rings. The first-order valence-corrected chi connectivity index (χ1v) is 7.13. The fraction of sp³-hybridized carbons (Fsp3) is 0.267. The first-order valence-electron chi connectivity index (χ1n) is 6.15. The molecule has 0 saturated heterocycles. The Kier molecular flexibility index (Phi) is 5.24. The van der Waals surface area contributed by atoms with E-state index in [1.807, 2.05) is 36.2 Å². The molecule has 0 aliphatic rings. The quantitative estimate of drug-likeness (QED) is 0.636. The average Bonchev–Trinajstić information content (AvgIpc) is 2.42. The highest BCUT2D eigenvalue weighted by atomic mass is 32.2. The molecule has 0 radical (unpaired) electrons. The van der Waals surface area contributed by atoms with Crippen LogP contribution in [0.1, 0.15) is 11.3 Å². The Balaban J connectivity index is 1.63. The number of benzene rings is 1. The van der Waals surface area contributed by atoms with Gasteiger partial charge in [-0.25, -0.2) is 0 Å². The molecular formula is C15H18N2S. The Bertz CT molecular complexity index is 454. The minimum Gasteiger partial charge on any atom is -0.310 e. The van der Waals surface area contributed by atoms with Crippen LogP contribution in [0, 0.1) is 6.92 Å². The number of rotatable bonds is 6. The monoisotopic (exact) mass is 258 g/mol. The Morgan fingerprint density at radius 1 is 1.11 bits per heavy atom. The van der Waals surface area contributed by atoms with E-state index in [2.05, 4.69) is 41.5 Å². The molecule has 0 aliphatic carbocycles. The summed E-state index contributed by atoms with van der Waals surface area (Å²) in [5, 5.41) is 3.40. The van der Waals surface area contributed by atoms with Crippen LogP contribution < -0.4 is 5.32 Å². The zero-order valence-corrected chi connectivity index (χ0v) is 11.4. The maximum Gasteiger partial charge on any atom is 0.0541 e. The highest BCUT2D eigenvalue weighted by molar-refractivity contribution is 7.99. The fourth-order valence-electron chi connectivity index (χ4n) is 1.59. The smallest absolute Gasteiger partial charge is 0.0541 e. The summed E-state index contributed by atoms with van der Waals surface area (Å²) < 4.78 is 0. The molecule has 18 heavy (non-hydrogen) atoms. The van der Waals surface area contributed by atoms with Gasteiger partial charge in [-0.15, -0.1) is 11.8 Å². The van der Waals surface area contributed by atoms with Crippen molar-refractivity contribution < 1.29 is 0 Å². The van der Waals surface area contributed by atoms with E-state index in [1.54, 1.807) is 0 Å². The maximum absolute atomic E-state index is 4.27. The second kappa shape index (κ2) is 7.19. The van der Waals surface area contributed by atoms with Crippen molar-refractivity contribution in [2.75, 3.05) is 12.3 Å². The number of nitrogens with zero attached hydrogens (tertiary/aromatic N) is 1. The number of thioether (sulfide) groups is 1.